The zero-order chi connectivity index (χ0) is 13.7. The highest BCUT2D eigenvalue weighted by Crippen LogP contribution is 2.34. The highest BCUT2D eigenvalue weighted by molar-refractivity contribution is 9.10. The Morgan fingerprint density at radius 1 is 1.21 bits per heavy atom. The van der Waals surface area contributed by atoms with Crippen LogP contribution in [0.25, 0.3) is 0 Å². The zero-order valence-corrected chi connectivity index (χ0v) is 13.3. The maximum atomic E-state index is 5.33. The number of hydrogen-bond donors (Lipinski definition) is 1. The van der Waals surface area contributed by atoms with E-state index in [1.165, 1.54) is 31.2 Å². The Hall–Kier alpha value is -0.740. The van der Waals surface area contributed by atoms with E-state index in [9.17, 15) is 0 Å². The van der Waals surface area contributed by atoms with Crippen molar-refractivity contribution >= 4 is 15.9 Å². The molecule has 1 aliphatic carbocycles. The lowest BCUT2D eigenvalue weighted by Crippen LogP contribution is -2.15. The fraction of sp³-hybridized carbons (Fsp3) is 0.600. The molecule has 0 amide bonds. The van der Waals surface area contributed by atoms with Crippen molar-refractivity contribution < 1.29 is 9.47 Å². The number of ether oxygens (including phenoxy) is 2. The standard InChI is InChI=1S/C15H22BrNO2/c1-18-14-8-12(13(16)9-15(14)19-2)10-17-7-3-4-11-5-6-11/h8-9,11,17H,3-7,10H2,1-2H3. The molecule has 1 aromatic rings. The van der Waals surface area contributed by atoms with E-state index in [0.717, 1.165) is 35.0 Å². The average molecular weight is 328 g/mol. The lowest BCUT2D eigenvalue weighted by Gasteiger charge is -2.12. The molecule has 4 heteroatoms. The van der Waals surface area contributed by atoms with Gasteiger partial charge in [0.2, 0.25) is 0 Å². The Labute approximate surface area is 123 Å². The van der Waals surface area contributed by atoms with Gasteiger partial charge in [-0.05, 0) is 43.0 Å². The van der Waals surface area contributed by atoms with E-state index in [1.807, 2.05) is 12.1 Å². The maximum Gasteiger partial charge on any atom is 0.161 e. The molecule has 0 bridgehead atoms. The SMILES string of the molecule is COc1cc(Br)c(CNCCCC2CC2)cc1OC. The van der Waals surface area contributed by atoms with E-state index < -0.39 is 0 Å². The second-order valence-electron chi connectivity index (χ2n) is 5.06. The molecule has 1 aromatic carbocycles. The minimum absolute atomic E-state index is 0.756. The highest BCUT2D eigenvalue weighted by atomic mass is 79.9. The summed E-state index contributed by atoms with van der Waals surface area (Å²) in [6.07, 6.45) is 5.54. The third-order valence-corrected chi connectivity index (χ3v) is 4.27. The van der Waals surface area contributed by atoms with Crippen LogP contribution < -0.4 is 14.8 Å². The van der Waals surface area contributed by atoms with Gasteiger partial charge in [0.05, 0.1) is 14.2 Å². The van der Waals surface area contributed by atoms with Gasteiger partial charge in [0.15, 0.2) is 11.5 Å². The normalized spacial score (nSPS) is 14.5. The topological polar surface area (TPSA) is 30.5 Å². The molecule has 0 spiro atoms. The van der Waals surface area contributed by atoms with E-state index in [0.29, 0.717) is 0 Å². The van der Waals surface area contributed by atoms with Crippen molar-refractivity contribution in [3.63, 3.8) is 0 Å². The van der Waals surface area contributed by atoms with Gasteiger partial charge in [-0.1, -0.05) is 28.8 Å². The zero-order valence-electron chi connectivity index (χ0n) is 11.7. The van der Waals surface area contributed by atoms with Gasteiger partial charge in [-0.15, -0.1) is 0 Å². The Balaban J connectivity index is 1.84. The molecule has 19 heavy (non-hydrogen) atoms. The lowest BCUT2D eigenvalue weighted by molar-refractivity contribution is 0.354. The molecule has 1 fully saturated rings. The van der Waals surface area contributed by atoms with Gasteiger partial charge in [-0.25, -0.2) is 0 Å². The fourth-order valence-electron chi connectivity index (χ4n) is 2.18. The second kappa shape index (κ2) is 7.15. The van der Waals surface area contributed by atoms with Crippen LogP contribution in [0.5, 0.6) is 11.5 Å². The third kappa shape index (κ3) is 4.39. The van der Waals surface area contributed by atoms with Gasteiger partial charge in [0, 0.05) is 11.0 Å². The first-order valence-corrected chi connectivity index (χ1v) is 7.65. The van der Waals surface area contributed by atoms with Gasteiger partial charge < -0.3 is 14.8 Å². The number of halogens is 1. The van der Waals surface area contributed by atoms with Gasteiger partial charge in [-0.3, -0.25) is 0 Å². The molecule has 0 saturated heterocycles. The van der Waals surface area contributed by atoms with Crippen molar-refractivity contribution in [2.45, 2.75) is 32.2 Å². The van der Waals surface area contributed by atoms with E-state index in [-0.39, 0.29) is 0 Å². The predicted octanol–water partition coefficient (Wildman–Crippen LogP) is 3.75. The predicted molar refractivity (Wildman–Crippen MR) is 80.9 cm³/mol. The largest absolute Gasteiger partial charge is 0.493 e. The second-order valence-corrected chi connectivity index (χ2v) is 5.92. The Morgan fingerprint density at radius 3 is 2.53 bits per heavy atom. The quantitative estimate of drug-likeness (QED) is 0.738. The van der Waals surface area contributed by atoms with Crippen molar-refractivity contribution in [1.82, 2.24) is 5.32 Å². The number of hydrogen-bond acceptors (Lipinski definition) is 3. The number of methoxy groups -OCH3 is 2. The first kappa shape index (κ1) is 14.7. The van der Waals surface area contributed by atoms with Crippen LogP contribution in [0.2, 0.25) is 0 Å². The average Bonchev–Trinajstić information content (AvgIpc) is 3.23. The van der Waals surface area contributed by atoms with Crippen LogP contribution in [0.1, 0.15) is 31.2 Å². The molecular weight excluding hydrogens is 306 g/mol. The summed E-state index contributed by atoms with van der Waals surface area (Å²) in [5.41, 5.74) is 1.20. The van der Waals surface area contributed by atoms with Crippen LogP contribution in [-0.2, 0) is 6.54 Å². The van der Waals surface area contributed by atoms with E-state index in [2.05, 4.69) is 21.2 Å². The molecule has 0 heterocycles. The van der Waals surface area contributed by atoms with E-state index in [1.54, 1.807) is 14.2 Å². The minimum atomic E-state index is 0.756. The molecule has 106 valence electrons. The summed E-state index contributed by atoms with van der Waals surface area (Å²) in [4.78, 5) is 0. The van der Waals surface area contributed by atoms with Crippen LogP contribution in [0.4, 0.5) is 0 Å². The van der Waals surface area contributed by atoms with Crippen LogP contribution >= 0.6 is 15.9 Å². The molecule has 0 radical (unpaired) electrons. The highest BCUT2D eigenvalue weighted by Gasteiger charge is 2.19. The molecule has 1 N–H and O–H groups in total. The molecule has 1 aliphatic rings. The molecule has 1 saturated carbocycles. The molecule has 0 aliphatic heterocycles. The summed E-state index contributed by atoms with van der Waals surface area (Å²) in [5, 5.41) is 3.49. The Bertz CT molecular complexity index is 419. The van der Waals surface area contributed by atoms with Crippen LogP contribution in [0, 0.1) is 5.92 Å². The minimum Gasteiger partial charge on any atom is -0.493 e. The summed E-state index contributed by atoms with van der Waals surface area (Å²) in [6.45, 7) is 1.93. The number of benzene rings is 1. The summed E-state index contributed by atoms with van der Waals surface area (Å²) >= 11 is 3.58. The van der Waals surface area contributed by atoms with Crippen molar-refractivity contribution in [1.29, 1.82) is 0 Å². The summed E-state index contributed by atoms with van der Waals surface area (Å²) in [6, 6.07) is 3.98. The summed E-state index contributed by atoms with van der Waals surface area (Å²) in [7, 11) is 3.32. The molecular formula is C15H22BrNO2. The van der Waals surface area contributed by atoms with Crippen molar-refractivity contribution in [3.8, 4) is 11.5 Å². The van der Waals surface area contributed by atoms with E-state index in [4.69, 9.17) is 9.47 Å². The first-order chi connectivity index (χ1) is 9.24. The van der Waals surface area contributed by atoms with Crippen LogP contribution in [0.3, 0.4) is 0 Å². The van der Waals surface area contributed by atoms with Gasteiger partial charge in [0.1, 0.15) is 0 Å². The van der Waals surface area contributed by atoms with Gasteiger partial charge >= 0.3 is 0 Å². The van der Waals surface area contributed by atoms with Gasteiger partial charge in [0.25, 0.3) is 0 Å². The van der Waals surface area contributed by atoms with Crippen molar-refractivity contribution in [2.24, 2.45) is 5.92 Å². The molecule has 0 aromatic heterocycles. The molecule has 0 atom stereocenters. The molecule has 3 nitrogen and oxygen atoms in total. The fourth-order valence-corrected chi connectivity index (χ4v) is 2.64. The Morgan fingerprint density at radius 2 is 1.89 bits per heavy atom. The van der Waals surface area contributed by atoms with Crippen molar-refractivity contribution in [3.05, 3.63) is 22.2 Å². The number of nitrogens with one attached hydrogen (secondary N) is 1. The van der Waals surface area contributed by atoms with Crippen LogP contribution in [0.15, 0.2) is 16.6 Å². The van der Waals surface area contributed by atoms with Crippen LogP contribution in [-0.4, -0.2) is 20.8 Å². The smallest absolute Gasteiger partial charge is 0.161 e. The van der Waals surface area contributed by atoms with E-state index >= 15 is 0 Å². The summed E-state index contributed by atoms with van der Waals surface area (Å²) in [5.74, 6) is 2.56. The monoisotopic (exact) mass is 327 g/mol. The Kier molecular flexibility index (Phi) is 5.52. The molecule has 2 rings (SSSR count). The molecule has 0 unspecified atom stereocenters. The maximum absolute atomic E-state index is 5.33. The third-order valence-electron chi connectivity index (χ3n) is 3.53. The lowest BCUT2D eigenvalue weighted by atomic mass is 10.2. The summed E-state index contributed by atoms with van der Waals surface area (Å²) < 4.78 is 11.7. The van der Waals surface area contributed by atoms with Crippen molar-refractivity contribution in [2.75, 3.05) is 20.8 Å². The first-order valence-electron chi connectivity index (χ1n) is 6.85. The van der Waals surface area contributed by atoms with Gasteiger partial charge in [-0.2, -0.15) is 0 Å². The number of rotatable bonds is 8.